The molecule has 0 bridgehead atoms. The lowest BCUT2D eigenvalue weighted by Crippen LogP contribution is -2.19. The maximum Gasteiger partial charge on any atom is 0.175 e. The van der Waals surface area contributed by atoms with E-state index in [0.29, 0.717) is 13.2 Å². The van der Waals surface area contributed by atoms with Gasteiger partial charge in [-0.2, -0.15) is 0 Å². The van der Waals surface area contributed by atoms with E-state index in [1.807, 2.05) is 33.0 Å². The highest BCUT2D eigenvalue weighted by Gasteiger charge is 2.15. The van der Waals surface area contributed by atoms with Crippen molar-refractivity contribution in [2.75, 3.05) is 27.4 Å². The van der Waals surface area contributed by atoms with Crippen LogP contribution in [-0.2, 0) is 11.3 Å². The summed E-state index contributed by atoms with van der Waals surface area (Å²) in [7, 11) is 3.58. The van der Waals surface area contributed by atoms with E-state index in [9.17, 15) is 0 Å². The quantitative estimate of drug-likeness (QED) is 0.794. The van der Waals surface area contributed by atoms with Crippen LogP contribution in [0.3, 0.4) is 0 Å². The molecule has 1 unspecified atom stereocenters. The number of ether oxygens (including phenoxy) is 3. The third-order valence-corrected chi connectivity index (χ3v) is 3.06. The molecule has 0 spiro atoms. The summed E-state index contributed by atoms with van der Waals surface area (Å²) in [5, 5.41) is 3.12. The Morgan fingerprint density at radius 2 is 2.11 bits per heavy atom. The monoisotopic (exact) mass is 331 g/mol. The first-order valence-electron chi connectivity index (χ1n) is 6.37. The number of halogens is 1. The highest BCUT2D eigenvalue weighted by Crippen LogP contribution is 2.37. The summed E-state index contributed by atoms with van der Waals surface area (Å²) in [6.07, 6.45) is -0.0318. The average molecular weight is 332 g/mol. The number of hydrogen-bond acceptors (Lipinski definition) is 4. The van der Waals surface area contributed by atoms with Crippen molar-refractivity contribution in [1.82, 2.24) is 5.32 Å². The molecule has 0 radical (unpaired) electrons. The van der Waals surface area contributed by atoms with Crippen molar-refractivity contribution in [2.45, 2.75) is 26.5 Å². The molecule has 0 aliphatic heterocycles. The van der Waals surface area contributed by atoms with Gasteiger partial charge in [0.2, 0.25) is 0 Å². The zero-order valence-electron chi connectivity index (χ0n) is 12.0. The van der Waals surface area contributed by atoms with Crippen LogP contribution < -0.4 is 14.8 Å². The molecule has 0 saturated carbocycles. The normalized spacial score (nSPS) is 12.3. The van der Waals surface area contributed by atoms with Crippen molar-refractivity contribution in [3.8, 4) is 11.5 Å². The van der Waals surface area contributed by atoms with Gasteiger partial charge < -0.3 is 19.5 Å². The molecule has 0 amide bonds. The van der Waals surface area contributed by atoms with E-state index in [2.05, 4.69) is 21.2 Å². The summed E-state index contributed by atoms with van der Waals surface area (Å²) in [4.78, 5) is 0. The van der Waals surface area contributed by atoms with Gasteiger partial charge in [0.25, 0.3) is 0 Å². The lowest BCUT2D eigenvalue weighted by atomic mass is 10.2. The molecule has 0 aromatic heterocycles. The largest absolute Gasteiger partial charge is 0.490 e. The molecule has 5 heteroatoms. The summed E-state index contributed by atoms with van der Waals surface area (Å²) in [5.74, 6) is 1.48. The van der Waals surface area contributed by atoms with Gasteiger partial charge in [0.05, 0.1) is 17.7 Å². The molecule has 0 aliphatic rings. The van der Waals surface area contributed by atoms with Crippen LogP contribution in [0.5, 0.6) is 11.5 Å². The first-order chi connectivity index (χ1) is 9.12. The van der Waals surface area contributed by atoms with Crippen LogP contribution in [0.15, 0.2) is 16.6 Å². The number of rotatable bonds is 8. The Balaban J connectivity index is 2.99. The van der Waals surface area contributed by atoms with Gasteiger partial charge in [-0.25, -0.2) is 0 Å². The molecule has 0 saturated heterocycles. The lowest BCUT2D eigenvalue weighted by molar-refractivity contribution is 0.0888. The van der Waals surface area contributed by atoms with E-state index >= 15 is 0 Å². The molecule has 19 heavy (non-hydrogen) atoms. The summed E-state index contributed by atoms with van der Waals surface area (Å²) in [6, 6.07) is 4.04. The topological polar surface area (TPSA) is 39.7 Å². The molecular weight excluding hydrogens is 310 g/mol. The van der Waals surface area contributed by atoms with Gasteiger partial charge in [-0.15, -0.1) is 0 Å². The smallest absolute Gasteiger partial charge is 0.175 e. The number of benzene rings is 1. The number of hydrogen-bond donors (Lipinski definition) is 1. The summed E-state index contributed by atoms with van der Waals surface area (Å²) in [5.41, 5.74) is 1.14. The van der Waals surface area contributed by atoms with Crippen molar-refractivity contribution in [3.05, 3.63) is 22.2 Å². The molecule has 0 fully saturated rings. The van der Waals surface area contributed by atoms with Gasteiger partial charge in [-0.3, -0.25) is 0 Å². The van der Waals surface area contributed by atoms with Crippen LogP contribution in [0.2, 0.25) is 0 Å². The third kappa shape index (κ3) is 5.01. The molecule has 1 aromatic rings. The van der Waals surface area contributed by atoms with Crippen LogP contribution in [0.4, 0.5) is 0 Å². The molecular formula is C14H22BrNO3. The Morgan fingerprint density at radius 3 is 2.68 bits per heavy atom. The second-order valence-electron chi connectivity index (χ2n) is 4.25. The van der Waals surface area contributed by atoms with Gasteiger partial charge in [0, 0.05) is 13.7 Å². The molecule has 4 nitrogen and oxygen atoms in total. The highest BCUT2D eigenvalue weighted by molar-refractivity contribution is 9.10. The second-order valence-corrected chi connectivity index (χ2v) is 5.11. The van der Waals surface area contributed by atoms with E-state index in [1.165, 1.54) is 0 Å². The summed E-state index contributed by atoms with van der Waals surface area (Å²) in [6.45, 7) is 5.85. The minimum absolute atomic E-state index is 0.0318. The number of nitrogens with one attached hydrogen (secondary N) is 1. The van der Waals surface area contributed by atoms with E-state index in [0.717, 1.165) is 28.1 Å². The third-order valence-electron chi connectivity index (χ3n) is 2.47. The van der Waals surface area contributed by atoms with Gasteiger partial charge >= 0.3 is 0 Å². The molecule has 1 aromatic carbocycles. The fourth-order valence-electron chi connectivity index (χ4n) is 1.77. The van der Waals surface area contributed by atoms with Gasteiger partial charge in [0.1, 0.15) is 6.10 Å². The number of methoxy groups -OCH3 is 1. The minimum Gasteiger partial charge on any atom is -0.490 e. The van der Waals surface area contributed by atoms with E-state index < -0.39 is 0 Å². The Morgan fingerprint density at radius 1 is 1.37 bits per heavy atom. The predicted molar refractivity (Wildman–Crippen MR) is 80.0 cm³/mol. The summed E-state index contributed by atoms with van der Waals surface area (Å²) < 4.78 is 17.5. The van der Waals surface area contributed by atoms with Crippen LogP contribution >= 0.6 is 15.9 Å². The van der Waals surface area contributed by atoms with Gasteiger partial charge in [-0.05, 0) is 54.5 Å². The van der Waals surface area contributed by atoms with Crippen molar-refractivity contribution in [3.63, 3.8) is 0 Å². The maximum atomic E-state index is 5.89. The first kappa shape index (κ1) is 16.3. The standard InChI is InChI=1S/C14H22BrNO3/c1-5-18-13-7-11(8-16-3)6-12(15)14(13)19-10(2)9-17-4/h6-7,10,16H,5,8-9H2,1-4H3. The first-order valence-corrected chi connectivity index (χ1v) is 7.17. The minimum atomic E-state index is -0.0318. The fraction of sp³-hybridized carbons (Fsp3) is 0.571. The Bertz CT molecular complexity index is 399. The zero-order valence-corrected chi connectivity index (χ0v) is 13.5. The fourth-order valence-corrected chi connectivity index (χ4v) is 2.36. The van der Waals surface area contributed by atoms with Crippen LogP contribution in [0, 0.1) is 0 Å². The van der Waals surface area contributed by atoms with Crippen molar-refractivity contribution < 1.29 is 14.2 Å². The van der Waals surface area contributed by atoms with Crippen LogP contribution in [0.1, 0.15) is 19.4 Å². The molecule has 0 heterocycles. The van der Waals surface area contributed by atoms with Gasteiger partial charge in [0.15, 0.2) is 11.5 Å². The lowest BCUT2D eigenvalue weighted by Gasteiger charge is -2.19. The SMILES string of the molecule is CCOc1cc(CNC)cc(Br)c1OC(C)COC. The zero-order chi connectivity index (χ0) is 14.3. The molecule has 1 atom stereocenters. The van der Waals surface area contributed by atoms with Crippen LogP contribution in [-0.4, -0.2) is 33.5 Å². The Labute approximate surface area is 123 Å². The average Bonchev–Trinajstić information content (AvgIpc) is 2.35. The molecule has 108 valence electrons. The molecule has 1 rings (SSSR count). The van der Waals surface area contributed by atoms with Crippen molar-refractivity contribution in [1.29, 1.82) is 0 Å². The van der Waals surface area contributed by atoms with E-state index in [4.69, 9.17) is 14.2 Å². The van der Waals surface area contributed by atoms with E-state index in [-0.39, 0.29) is 6.10 Å². The molecule has 1 N–H and O–H groups in total. The Kier molecular flexibility index (Phi) is 7.20. The van der Waals surface area contributed by atoms with Crippen molar-refractivity contribution in [2.24, 2.45) is 0 Å². The summed E-state index contributed by atoms with van der Waals surface area (Å²) >= 11 is 3.54. The van der Waals surface area contributed by atoms with Crippen LogP contribution in [0.25, 0.3) is 0 Å². The predicted octanol–water partition coefficient (Wildman–Crippen LogP) is 2.98. The molecule has 0 aliphatic carbocycles. The van der Waals surface area contributed by atoms with Crippen molar-refractivity contribution >= 4 is 15.9 Å². The maximum absolute atomic E-state index is 5.89. The van der Waals surface area contributed by atoms with Gasteiger partial charge in [-0.1, -0.05) is 0 Å². The second kappa shape index (κ2) is 8.40. The van der Waals surface area contributed by atoms with E-state index in [1.54, 1.807) is 7.11 Å². The highest BCUT2D eigenvalue weighted by atomic mass is 79.9. The Hall–Kier alpha value is -0.780.